The van der Waals surface area contributed by atoms with E-state index in [4.69, 9.17) is 0 Å². The Labute approximate surface area is 62.9 Å². The number of aliphatic imine (C=N–C) groups is 1. The molecule has 0 aliphatic heterocycles. The van der Waals surface area contributed by atoms with Crippen molar-refractivity contribution in [2.24, 2.45) is 16.8 Å². The SMILES string of the molecule is C=N/C(=C\CC)C1CC1C. The molecule has 1 heteroatoms. The molecule has 1 rings (SSSR count). The van der Waals surface area contributed by atoms with Gasteiger partial charge in [0.1, 0.15) is 0 Å². The molecule has 2 unspecified atom stereocenters. The average molecular weight is 137 g/mol. The molecule has 1 nitrogen and oxygen atoms in total. The molecule has 0 saturated heterocycles. The second-order valence-electron chi connectivity index (χ2n) is 3.01. The molecule has 56 valence electrons. The van der Waals surface area contributed by atoms with E-state index in [1.165, 1.54) is 12.1 Å². The van der Waals surface area contributed by atoms with E-state index in [9.17, 15) is 0 Å². The molecule has 0 amide bonds. The Kier molecular flexibility index (Phi) is 2.25. The van der Waals surface area contributed by atoms with E-state index in [1.807, 2.05) is 0 Å². The summed E-state index contributed by atoms with van der Waals surface area (Å²) in [4.78, 5) is 4.00. The van der Waals surface area contributed by atoms with Crippen LogP contribution in [0.5, 0.6) is 0 Å². The molecule has 2 atom stereocenters. The van der Waals surface area contributed by atoms with Crippen molar-refractivity contribution in [3.63, 3.8) is 0 Å². The number of hydrogen-bond donors (Lipinski definition) is 0. The Morgan fingerprint density at radius 3 is 2.70 bits per heavy atom. The summed E-state index contributed by atoms with van der Waals surface area (Å²) in [6.45, 7) is 7.96. The third-order valence-electron chi connectivity index (χ3n) is 2.09. The van der Waals surface area contributed by atoms with Crippen LogP contribution in [0.15, 0.2) is 16.8 Å². The van der Waals surface area contributed by atoms with Crippen molar-refractivity contribution in [2.45, 2.75) is 26.7 Å². The lowest BCUT2D eigenvalue weighted by Crippen LogP contribution is -1.82. The first-order valence-corrected chi connectivity index (χ1v) is 3.96. The zero-order valence-electron chi connectivity index (χ0n) is 6.80. The van der Waals surface area contributed by atoms with Crippen LogP contribution in [0.4, 0.5) is 0 Å². The highest BCUT2D eigenvalue weighted by atomic mass is 14.7. The van der Waals surface area contributed by atoms with Crippen molar-refractivity contribution in [1.29, 1.82) is 0 Å². The van der Waals surface area contributed by atoms with E-state index in [0.29, 0.717) is 0 Å². The average Bonchev–Trinajstić information content (AvgIpc) is 2.62. The summed E-state index contributed by atoms with van der Waals surface area (Å²) in [6, 6.07) is 0. The van der Waals surface area contributed by atoms with Gasteiger partial charge in [-0.1, -0.05) is 19.9 Å². The Hall–Kier alpha value is -0.590. The van der Waals surface area contributed by atoms with E-state index in [1.54, 1.807) is 0 Å². The summed E-state index contributed by atoms with van der Waals surface area (Å²) in [5.41, 5.74) is 1.22. The number of hydrogen-bond acceptors (Lipinski definition) is 1. The van der Waals surface area contributed by atoms with Crippen molar-refractivity contribution in [1.82, 2.24) is 0 Å². The molecule has 0 aromatic heterocycles. The van der Waals surface area contributed by atoms with Crippen LogP contribution in [0.25, 0.3) is 0 Å². The number of allylic oxidation sites excluding steroid dienone is 2. The minimum absolute atomic E-state index is 0.734. The fraction of sp³-hybridized carbons (Fsp3) is 0.667. The number of rotatable bonds is 3. The maximum atomic E-state index is 4.00. The molecule has 1 saturated carbocycles. The third kappa shape index (κ3) is 1.47. The van der Waals surface area contributed by atoms with Gasteiger partial charge in [-0.3, -0.25) is 4.99 Å². The van der Waals surface area contributed by atoms with Gasteiger partial charge in [0.25, 0.3) is 0 Å². The fourth-order valence-electron chi connectivity index (χ4n) is 1.28. The predicted octanol–water partition coefficient (Wildman–Crippen LogP) is 2.64. The first kappa shape index (κ1) is 7.52. The van der Waals surface area contributed by atoms with Crippen molar-refractivity contribution in [3.05, 3.63) is 11.8 Å². The van der Waals surface area contributed by atoms with E-state index >= 15 is 0 Å². The molecule has 0 N–H and O–H groups in total. The highest BCUT2D eigenvalue weighted by Gasteiger charge is 2.35. The summed E-state index contributed by atoms with van der Waals surface area (Å²) >= 11 is 0. The third-order valence-corrected chi connectivity index (χ3v) is 2.09. The maximum absolute atomic E-state index is 4.00. The van der Waals surface area contributed by atoms with Crippen LogP contribution in [0.3, 0.4) is 0 Å². The molecule has 0 aromatic carbocycles. The molecule has 10 heavy (non-hydrogen) atoms. The van der Waals surface area contributed by atoms with Gasteiger partial charge in [0, 0.05) is 11.6 Å². The van der Waals surface area contributed by atoms with Gasteiger partial charge in [0.05, 0.1) is 0 Å². The van der Waals surface area contributed by atoms with Crippen molar-refractivity contribution >= 4 is 6.72 Å². The lowest BCUT2D eigenvalue weighted by Gasteiger charge is -1.95. The lowest BCUT2D eigenvalue weighted by atomic mass is 10.2. The molecule has 0 spiro atoms. The summed E-state index contributed by atoms with van der Waals surface area (Å²) in [7, 11) is 0. The van der Waals surface area contributed by atoms with Gasteiger partial charge in [-0.05, 0) is 25.5 Å². The van der Waals surface area contributed by atoms with Gasteiger partial charge in [-0.15, -0.1) is 0 Å². The largest absolute Gasteiger partial charge is 0.269 e. The van der Waals surface area contributed by atoms with Crippen LogP contribution in [0.1, 0.15) is 26.7 Å². The monoisotopic (exact) mass is 137 g/mol. The minimum atomic E-state index is 0.734. The Morgan fingerprint density at radius 2 is 2.40 bits per heavy atom. The molecule has 1 fully saturated rings. The molecule has 0 aromatic rings. The van der Waals surface area contributed by atoms with Crippen LogP contribution in [0, 0.1) is 11.8 Å². The van der Waals surface area contributed by atoms with Crippen molar-refractivity contribution < 1.29 is 0 Å². The summed E-state index contributed by atoms with van der Waals surface area (Å²) in [5, 5.41) is 0. The zero-order valence-corrected chi connectivity index (χ0v) is 6.80. The highest BCUT2D eigenvalue weighted by Crippen LogP contribution is 2.43. The normalized spacial score (nSPS) is 32.0. The lowest BCUT2D eigenvalue weighted by molar-refractivity contribution is 0.840. The van der Waals surface area contributed by atoms with E-state index in [0.717, 1.165) is 18.3 Å². The van der Waals surface area contributed by atoms with E-state index in [-0.39, 0.29) is 0 Å². The molecular weight excluding hydrogens is 122 g/mol. The van der Waals surface area contributed by atoms with Gasteiger partial charge < -0.3 is 0 Å². The second kappa shape index (κ2) is 3.00. The quantitative estimate of drug-likeness (QED) is 0.530. The molecule has 1 aliphatic carbocycles. The molecule has 1 aliphatic rings. The Balaban J connectivity index is 2.49. The maximum Gasteiger partial charge on any atom is 0.0390 e. The smallest absolute Gasteiger partial charge is 0.0390 e. The van der Waals surface area contributed by atoms with Crippen LogP contribution < -0.4 is 0 Å². The second-order valence-corrected chi connectivity index (χ2v) is 3.01. The van der Waals surface area contributed by atoms with Crippen LogP contribution in [0.2, 0.25) is 0 Å². The fourth-order valence-corrected chi connectivity index (χ4v) is 1.28. The van der Waals surface area contributed by atoms with Gasteiger partial charge in [-0.25, -0.2) is 0 Å². The van der Waals surface area contributed by atoms with Crippen molar-refractivity contribution in [3.8, 4) is 0 Å². The van der Waals surface area contributed by atoms with Gasteiger partial charge in [-0.2, -0.15) is 0 Å². The zero-order chi connectivity index (χ0) is 7.56. The number of nitrogens with zero attached hydrogens (tertiary/aromatic N) is 1. The Morgan fingerprint density at radius 1 is 1.80 bits per heavy atom. The Bertz CT molecular complexity index is 158. The highest BCUT2D eigenvalue weighted by molar-refractivity contribution is 5.31. The van der Waals surface area contributed by atoms with Crippen LogP contribution >= 0.6 is 0 Å². The molecular formula is C9H15N. The molecule has 0 radical (unpaired) electrons. The first-order chi connectivity index (χ1) is 4.79. The first-order valence-electron chi connectivity index (χ1n) is 3.96. The topological polar surface area (TPSA) is 12.4 Å². The standard InChI is InChI=1S/C9H15N/c1-4-5-9(10-3)8-6-7(8)2/h5,7-8H,3-4,6H2,1-2H3/b9-5-. The van der Waals surface area contributed by atoms with E-state index in [2.05, 4.69) is 31.6 Å². The van der Waals surface area contributed by atoms with E-state index < -0.39 is 0 Å². The van der Waals surface area contributed by atoms with Gasteiger partial charge in [0.15, 0.2) is 0 Å². The summed E-state index contributed by atoms with van der Waals surface area (Å²) in [5.74, 6) is 1.58. The van der Waals surface area contributed by atoms with Gasteiger partial charge >= 0.3 is 0 Å². The van der Waals surface area contributed by atoms with Crippen molar-refractivity contribution in [2.75, 3.05) is 0 Å². The van der Waals surface area contributed by atoms with Crippen LogP contribution in [-0.2, 0) is 0 Å². The predicted molar refractivity (Wildman–Crippen MR) is 45.2 cm³/mol. The van der Waals surface area contributed by atoms with Crippen LogP contribution in [-0.4, -0.2) is 6.72 Å². The summed E-state index contributed by atoms with van der Waals surface area (Å²) in [6.07, 6.45) is 4.57. The molecule has 0 heterocycles. The minimum Gasteiger partial charge on any atom is -0.269 e. The molecule has 0 bridgehead atoms. The van der Waals surface area contributed by atoms with Gasteiger partial charge in [0.2, 0.25) is 0 Å². The summed E-state index contributed by atoms with van der Waals surface area (Å²) < 4.78 is 0.